The molecule has 1 unspecified atom stereocenters. The topological polar surface area (TPSA) is 73.8 Å². The molecule has 1 aliphatic rings. The third kappa shape index (κ3) is 8.46. The van der Waals surface area contributed by atoms with Crippen molar-refractivity contribution < 1.29 is 8.42 Å². The molecular formula is C19H33IN4O2S2. The van der Waals surface area contributed by atoms with Crippen molar-refractivity contribution in [2.45, 2.75) is 50.8 Å². The van der Waals surface area contributed by atoms with Gasteiger partial charge in [0.25, 0.3) is 0 Å². The molecule has 160 valence electrons. The average Bonchev–Trinajstić information content (AvgIpc) is 2.62. The molecule has 6 nitrogen and oxygen atoms in total. The molecule has 1 aromatic carbocycles. The van der Waals surface area contributed by atoms with E-state index >= 15 is 0 Å². The fraction of sp³-hybridized carbons (Fsp3) is 0.632. The quantitative estimate of drug-likeness (QED) is 0.316. The molecule has 0 aromatic heterocycles. The van der Waals surface area contributed by atoms with E-state index in [2.05, 4.69) is 26.9 Å². The molecule has 9 heteroatoms. The Morgan fingerprint density at radius 2 is 1.93 bits per heavy atom. The molecule has 28 heavy (non-hydrogen) atoms. The molecule has 0 radical (unpaired) electrons. The Balaban J connectivity index is 0.00000392. The van der Waals surface area contributed by atoms with Crippen LogP contribution in [0.4, 0.5) is 0 Å². The Labute approximate surface area is 191 Å². The minimum absolute atomic E-state index is 0. The third-order valence-corrected chi connectivity index (χ3v) is 7.27. The maximum absolute atomic E-state index is 12.0. The summed E-state index contributed by atoms with van der Waals surface area (Å²) in [5.74, 6) is 2.07. The Bertz CT molecular complexity index is 724. The number of nitrogens with zero attached hydrogens (tertiary/aromatic N) is 2. The summed E-state index contributed by atoms with van der Waals surface area (Å²) in [5.41, 5.74) is 1.89. The van der Waals surface area contributed by atoms with E-state index in [0.29, 0.717) is 11.8 Å². The van der Waals surface area contributed by atoms with Crippen LogP contribution < -0.4 is 10.0 Å². The van der Waals surface area contributed by atoms with Crippen LogP contribution in [0.3, 0.4) is 0 Å². The Kier molecular flexibility index (Phi) is 11.2. The van der Waals surface area contributed by atoms with Gasteiger partial charge in [0.1, 0.15) is 0 Å². The number of halogens is 1. The highest BCUT2D eigenvalue weighted by Crippen LogP contribution is 2.21. The van der Waals surface area contributed by atoms with Crippen LogP contribution in [0.2, 0.25) is 0 Å². The first-order valence-corrected chi connectivity index (χ1v) is 12.2. The van der Waals surface area contributed by atoms with Crippen molar-refractivity contribution in [3.05, 3.63) is 35.4 Å². The van der Waals surface area contributed by atoms with Crippen LogP contribution in [-0.4, -0.2) is 56.5 Å². The fourth-order valence-corrected chi connectivity index (χ4v) is 5.66. The predicted molar refractivity (Wildman–Crippen MR) is 131 cm³/mol. The van der Waals surface area contributed by atoms with Crippen LogP contribution in [0.1, 0.15) is 38.3 Å². The minimum atomic E-state index is -3.29. The molecular weight excluding hydrogens is 507 g/mol. The van der Waals surface area contributed by atoms with Gasteiger partial charge in [0.05, 0.1) is 5.75 Å². The van der Waals surface area contributed by atoms with Gasteiger partial charge in [0, 0.05) is 43.7 Å². The Hall–Kier alpha value is -0.520. The zero-order chi connectivity index (χ0) is 19.9. The molecule has 1 heterocycles. The summed E-state index contributed by atoms with van der Waals surface area (Å²) in [6.45, 7) is 8.59. The first-order valence-electron chi connectivity index (χ1n) is 9.48. The lowest BCUT2D eigenvalue weighted by Crippen LogP contribution is -2.47. The number of hydrogen-bond donors (Lipinski definition) is 2. The number of rotatable bonds is 7. The number of aliphatic imine (C=N–C) groups is 1. The van der Waals surface area contributed by atoms with Crippen molar-refractivity contribution in [1.82, 2.24) is 14.9 Å². The van der Waals surface area contributed by atoms with E-state index < -0.39 is 10.0 Å². The van der Waals surface area contributed by atoms with Crippen LogP contribution in [0.25, 0.3) is 0 Å². The molecule has 0 spiro atoms. The van der Waals surface area contributed by atoms with Gasteiger partial charge in [-0.25, -0.2) is 13.1 Å². The van der Waals surface area contributed by atoms with Crippen LogP contribution >= 0.6 is 35.7 Å². The second-order valence-electron chi connectivity index (χ2n) is 7.10. The second kappa shape index (κ2) is 12.2. The van der Waals surface area contributed by atoms with E-state index in [-0.39, 0.29) is 35.8 Å². The van der Waals surface area contributed by atoms with Crippen molar-refractivity contribution in [2.75, 3.05) is 25.9 Å². The monoisotopic (exact) mass is 540 g/mol. The summed E-state index contributed by atoms with van der Waals surface area (Å²) < 4.78 is 26.7. The van der Waals surface area contributed by atoms with Crippen molar-refractivity contribution in [1.29, 1.82) is 0 Å². The highest BCUT2D eigenvalue weighted by molar-refractivity contribution is 14.0. The highest BCUT2D eigenvalue weighted by atomic mass is 127. The minimum Gasteiger partial charge on any atom is -0.352 e. The van der Waals surface area contributed by atoms with Gasteiger partial charge in [-0.1, -0.05) is 31.2 Å². The van der Waals surface area contributed by atoms with E-state index in [1.807, 2.05) is 56.9 Å². The lowest BCUT2D eigenvalue weighted by Gasteiger charge is -2.34. The highest BCUT2D eigenvalue weighted by Gasteiger charge is 2.21. The van der Waals surface area contributed by atoms with Crippen molar-refractivity contribution in [2.24, 2.45) is 4.99 Å². The first kappa shape index (κ1) is 25.5. The predicted octanol–water partition coefficient (Wildman–Crippen LogP) is 3.04. The van der Waals surface area contributed by atoms with E-state index in [1.54, 1.807) is 0 Å². The number of guanidine groups is 1. The van der Waals surface area contributed by atoms with E-state index in [9.17, 15) is 8.42 Å². The molecule has 0 saturated carbocycles. The van der Waals surface area contributed by atoms with Gasteiger partial charge in [0.2, 0.25) is 10.0 Å². The van der Waals surface area contributed by atoms with Gasteiger partial charge in [-0.3, -0.25) is 4.99 Å². The molecule has 2 N–H and O–H groups in total. The number of benzene rings is 1. The lowest BCUT2D eigenvalue weighted by molar-refractivity contribution is 0.408. The number of sulfonamides is 1. The molecule has 1 aromatic rings. The number of nitrogens with one attached hydrogen (secondary N) is 2. The molecule has 1 fully saturated rings. The SMILES string of the molecule is CCC1CN(C(=NC)NCc2ccc(CS(=O)(=O)NC(C)C)cc2)CCS1.I. The first-order chi connectivity index (χ1) is 12.8. The van der Waals surface area contributed by atoms with Gasteiger partial charge in [-0.15, -0.1) is 24.0 Å². The van der Waals surface area contributed by atoms with E-state index in [1.165, 1.54) is 6.42 Å². The lowest BCUT2D eigenvalue weighted by atomic mass is 10.1. The molecule has 1 saturated heterocycles. The summed E-state index contributed by atoms with van der Waals surface area (Å²) >= 11 is 2.04. The largest absolute Gasteiger partial charge is 0.352 e. The maximum Gasteiger partial charge on any atom is 0.216 e. The van der Waals surface area contributed by atoms with Gasteiger partial charge in [0.15, 0.2) is 5.96 Å². The van der Waals surface area contributed by atoms with Crippen LogP contribution in [0, 0.1) is 0 Å². The van der Waals surface area contributed by atoms with Crippen LogP contribution in [0.15, 0.2) is 29.3 Å². The summed E-state index contributed by atoms with van der Waals surface area (Å²) in [7, 11) is -1.47. The van der Waals surface area contributed by atoms with E-state index in [0.717, 1.165) is 35.9 Å². The number of hydrogen-bond acceptors (Lipinski definition) is 4. The van der Waals surface area contributed by atoms with Gasteiger partial charge >= 0.3 is 0 Å². The molecule has 0 aliphatic carbocycles. The average molecular weight is 541 g/mol. The summed E-state index contributed by atoms with van der Waals surface area (Å²) in [4.78, 5) is 6.75. The Morgan fingerprint density at radius 3 is 2.50 bits per heavy atom. The molecule has 0 bridgehead atoms. The van der Waals surface area contributed by atoms with E-state index in [4.69, 9.17) is 0 Å². The van der Waals surface area contributed by atoms with Crippen molar-refractivity contribution in [3.63, 3.8) is 0 Å². The molecule has 0 amide bonds. The zero-order valence-corrected chi connectivity index (χ0v) is 21.1. The molecule has 2 rings (SSSR count). The standard InChI is InChI=1S/C19H32N4O2S2.HI/c1-5-18-13-23(10-11-26-18)19(20-4)21-12-16-6-8-17(9-7-16)14-27(24,25)22-15(2)3;/h6-9,15,18,22H,5,10-14H2,1-4H3,(H,20,21);1H. The fourth-order valence-electron chi connectivity index (χ4n) is 3.05. The maximum atomic E-state index is 12.0. The second-order valence-corrected chi connectivity index (χ2v) is 10.3. The number of thioether (sulfide) groups is 1. The zero-order valence-electron chi connectivity index (χ0n) is 17.1. The van der Waals surface area contributed by atoms with Crippen LogP contribution in [-0.2, 0) is 22.3 Å². The van der Waals surface area contributed by atoms with Gasteiger partial charge in [-0.2, -0.15) is 11.8 Å². The van der Waals surface area contributed by atoms with Crippen molar-refractivity contribution >= 4 is 51.7 Å². The van der Waals surface area contributed by atoms with Gasteiger partial charge in [-0.05, 0) is 31.4 Å². The van der Waals surface area contributed by atoms with Crippen molar-refractivity contribution in [3.8, 4) is 0 Å². The van der Waals surface area contributed by atoms with Gasteiger partial charge < -0.3 is 10.2 Å². The molecule has 1 aliphatic heterocycles. The Morgan fingerprint density at radius 1 is 1.29 bits per heavy atom. The smallest absolute Gasteiger partial charge is 0.216 e. The normalized spacial score (nSPS) is 18.1. The molecule has 1 atom stereocenters. The summed E-state index contributed by atoms with van der Waals surface area (Å²) in [5, 5.41) is 4.09. The summed E-state index contributed by atoms with van der Waals surface area (Å²) in [6, 6.07) is 7.61. The summed E-state index contributed by atoms with van der Waals surface area (Å²) in [6.07, 6.45) is 1.17. The van der Waals surface area contributed by atoms with Crippen LogP contribution in [0.5, 0.6) is 0 Å². The third-order valence-electron chi connectivity index (χ3n) is 4.35.